The van der Waals surface area contributed by atoms with E-state index in [-0.39, 0.29) is 11.9 Å². The number of nitrogens with one attached hydrogen (secondary N) is 1. The number of thiophene rings is 1. The van der Waals surface area contributed by atoms with Crippen LogP contribution in [0.5, 0.6) is 0 Å². The summed E-state index contributed by atoms with van der Waals surface area (Å²) in [5.74, 6) is -0.275. The van der Waals surface area contributed by atoms with E-state index in [9.17, 15) is 9.59 Å². The summed E-state index contributed by atoms with van der Waals surface area (Å²) in [6.07, 6.45) is 0.579. The molecule has 0 aliphatic carbocycles. The molecule has 0 aromatic carbocycles. The number of esters is 1. The van der Waals surface area contributed by atoms with Gasteiger partial charge in [0.2, 0.25) is 0 Å². The SMILES string of the molecule is CCOC(=O)[C@H](CC(C)C)NC(=O)c1cccs1. The van der Waals surface area contributed by atoms with Crippen molar-refractivity contribution >= 4 is 23.2 Å². The van der Waals surface area contributed by atoms with Gasteiger partial charge in [-0.1, -0.05) is 19.9 Å². The third-order valence-electron chi connectivity index (χ3n) is 2.33. The Balaban J connectivity index is 2.66. The molecule has 1 heterocycles. The first kappa shape index (κ1) is 14.7. The summed E-state index contributed by atoms with van der Waals surface area (Å²) in [6.45, 7) is 6.08. The Hall–Kier alpha value is -1.36. The van der Waals surface area contributed by atoms with Gasteiger partial charge in [0.25, 0.3) is 5.91 Å². The molecule has 1 amide bonds. The number of carbonyl (C=O) groups excluding carboxylic acids is 2. The number of amides is 1. The van der Waals surface area contributed by atoms with Crippen LogP contribution in [-0.2, 0) is 9.53 Å². The average Bonchev–Trinajstić information content (AvgIpc) is 2.81. The number of ether oxygens (including phenoxy) is 1. The molecule has 0 saturated heterocycles. The summed E-state index contributed by atoms with van der Waals surface area (Å²) in [5, 5.41) is 4.56. The molecule has 1 N–H and O–H groups in total. The molecule has 18 heavy (non-hydrogen) atoms. The van der Waals surface area contributed by atoms with Crippen LogP contribution >= 0.6 is 11.3 Å². The van der Waals surface area contributed by atoms with Gasteiger partial charge < -0.3 is 10.1 Å². The van der Waals surface area contributed by atoms with Crippen molar-refractivity contribution in [2.75, 3.05) is 6.61 Å². The number of carbonyl (C=O) groups is 2. The van der Waals surface area contributed by atoms with Gasteiger partial charge in [-0.25, -0.2) is 4.79 Å². The summed E-state index contributed by atoms with van der Waals surface area (Å²) in [4.78, 5) is 24.3. The highest BCUT2D eigenvalue weighted by Crippen LogP contribution is 2.11. The van der Waals surface area contributed by atoms with Crippen LogP contribution in [0, 0.1) is 5.92 Å². The molecular weight excluding hydrogens is 250 g/mol. The van der Waals surface area contributed by atoms with Gasteiger partial charge in [0.15, 0.2) is 0 Å². The van der Waals surface area contributed by atoms with E-state index >= 15 is 0 Å². The first-order valence-corrected chi connectivity index (χ1v) is 6.93. The van der Waals surface area contributed by atoms with Crippen LogP contribution in [0.15, 0.2) is 17.5 Å². The van der Waals surface area contributed by atoms with E-state index in [1.165, 1.54) is 11.3 Å². The standard InChI is InChI=1S/C13H19NO3S/c1-4-17-13(16)10(8-9(2)3)14-12(15)11-6-5-7-18-11/h5-7,9-10H,4,8H2,1-3H3,(H,14,15)/t10-/m0/s1. The second kappa shape index (κ2) is 7.16. The third-order valence-corrected chi connectivity index (χ3v) is 3.20. The van der Waals surface area contributed by atoms with Crippen LogP contribution in [-0.4, -0.2) is 24.5 Å². The summed E-state index contributed by atoms with van der Waals surface area (Å²) in [5.41, 5.74) is 0. The first-order valence-electron chi connectivity index (χ1n) is 6.05. The Morgan fingerprint density at radius 1 is 1.44 bits per heavy atom. The van der Waals surface area contributed by atoms with Gasteiger partial charge in [-0.15, -0.1) is 11.3 Å². The van der Waals surface area contributed by atoms with Crippen molar-refractivity contribution < 1.29 is 14.3 Å². The van der Waals surface area contributed by atoms with Crippen molar-refractivity contribution in [3.05, 3.63) is 22.4 Å². The fourth-order valence-electron chi connectivity index (χ4n) is 1.57. The number of hydrogen-bond acceptors (Lipinski definition) is 4. The zero-order chi connectivity index (χ0) is 13.5. The maximum Gasteiger partial charge on any atom is 0.328 e. The summed E-state index contributed by atoms with van der Waals surface area (Å²) in [6, 6.07) is 2.97. The number of hydrogen-bond donors (Lipinski definition) is 1. The lowest BCUT2D eigenvalue weighted by Crippen LogP contribution is -2.42. The van der Waals surface area contributed by atoms with Crippen molar-refractivity contribution in [3.63, 3.8) is 0 Å². The Labute approximate surface area is 111 Å². The average molecular weight is 269 g/mol. The van der Waals surface area contributed by atoms with Gasteiger partial charge in [0.1, 0.15) is 6.04 Å². The highest BCUT2D eigenvalue weighted by molar-refractivity contribution is 7.12. The smallest absolute Gasteiger partial charge is 0.328 e. The summed E-state index contributed by atoms with van der Waals surface area (Å²) in [7, 11) is 0. The molecule has 0 spiro atoms. The van der Waals surface area contributed by atoms with E-state index in [2.05, 4.69) is 5.32 Å². The molecule has 5 heteroatoms. The van der Waals surface area contributed by atoms with Crippen LogP contribution in [0.1, 0.15) is 36.9 Å². The predicted molar refractivity (Wildman–Crippen MR) is 71.7 cm³/mol. The van der Waals surface area contributed by atoms with Crippen LogP contribution in [0.25, 0.3) is 0 Å². The Kier molecular flexibility index (Phi) is 5.85. The van der Waals surface area contributed by atoms with Crippen molar-refractivity contribution in [2.45, 2.75) is 33.2 Å². The summed E-state index contributed by atoms with van der Waals surface area (Å²) >= 11 is 1.35. The minimum Gasteiger partial charge on any atom is -0.464 e. The molecule has 0 bridgehead atoms. The van der Waals surface area contributed by atoms with Crippen LogP contribution in [0.2, 0.25) is 0 Å². The largest absolute Gasteiger partial charge is 0.464 e. The number of rotatable bonds is 6. The zero-order valence-corrected chi connectivity index (χ0v) is 11.8. The molecule has 1 aromatic rings. The Morgan fingerprint density at radius 2 is 2.17 bits per heavy atom. The molecule has 0 aliphatic heterocycles. The molecule has 1 rings (SSSR count). The van der Waals surface area contributed by atoms with Gasteiger partial charge >= 0.3 is 5.97 Å². The van der Waals surface area contributed by atoms with E-state index < -0.39 is 6.04 Å². The molecule has 1 aromatic heterocycles. The van der Waals surface area contributed by atoms with E-state index in [1.807, 2.05) is 19.2 Å². The van der Waals surface area contributed by atoms with E-state index in [0.717, 1.165) is 0 Å². The van der Waals surface area contributed by atoms with Crippen molar-refractivity contribution in [1.82, 2.24) is 5.32 Å². The van der Waals surface area contributed by atoms with Crippen LogP contribution in [0.3, 0.4) is 0 Å². The highest BCUT2D eigenvalue weighted by atomic mass is 32.1. The third kappa shape index (κ3) is 4.49. The zero-order valence-electron chi connectivity index (χ0n) is 10.9. The molecule has 4 nitrogen and oxygen atoms in total. The second-order valence-electron chi connectivity index (χ2n) is 4.38. The molecule has 0 unspecified atom stereocenters. The molecule has 0 saturated carbocycles. The fourth-order valence-corrected chi connectivity index (χ4v) is 2.19. The van der Waals surface area contributed by atoms with Crippen molar-refractivity contribution in [2.24, 2.45) is 5.92 Å². The maximum atomic E-state index is 11.9. The van der Waals surface area contributed by atoms with E-state index in [0.29, 0.717) is 23.8 Å². The van der Waals surface area contributed by atoms with Crippen molar-refractivity contribution in [3.8, 4) is 0 Å². The fraction of sp³-hybridized carbons (Fsp3) is 0.538. The predicted octanol–water partition coefficient (Wildman–Crippen LogP) is 2.46. The lowest BCUT2D eigenvalue weighted by molar-refractivity contribution is -0.145. The first-order chi connectivity index (χ1) is 8.54. The van der Waals surface area contributed by atoms with Crippen LogP contribution in [0.4, 0.5) is 0 Å². The van der Waals surface area contributed by atoms with Gasteiger partial charge in [-0.2, -0.15) is 0 Å². The molecule has 0 fully saturated rings. The Morgan fingerprint density at radius 3 is 2.67 bits per heavy atom. The molecule has 1 atom stereocenters. The quantitative estimate of drug-likeness (QED) is 0.807. The Bertz CT molecular complexity index is 387. The minimum absolute atomic E-state index is 0.219. The van der Waals surface area contributed by atoms with Gasteiger partial charge in [-0.05, 0) is 30.7 Å². The van der Waals surface area contributed by atoms with E-state index in [1.54, 1.807) is 19.1 Å². The van der Waals surface area contributed by atoms with Crippen molar-refractivity contribution in [1.29, 1.82) is 0 Å². The summed E-state index contributed by atoms with van der Waals surface area (Å²) < 4.78 is 4.97. The monoisotopic (exact) mass is 269 g/mol. The normalized spacial score (nSPS) is 12.2. The van der Waals surface area contributed by atoms with Crippen LogP contribution < -0.4 is 5.32 Å². The minimum atomic E-state index is -0.570. The molecule has 100 valence electrons. The van der Waals surface area contributed by atoms with Gasteiger partial charge in [-0.3, -0.25) is 4.79 Å². The second-order valence-corrected chi connectivity index (χ2v) is 5.33. The highest BCUT2D eigenvalue weighted by Gasteiger charge is 2.23. The molecule has 0 aliphatic rings. The molecule has 0 radical (unpaired) electrons. The van der Waals surface area contributed by atoms with Gasteiger partial charge in [0.05, 0.1) is 11.5 Å². The molecular formula is C13H19NO3S. The van der Waals surface area contributed by atoms with E-state index in [4.69, 9.17) is 4.74 Å². The lowest BCUT2D eigenvalue weighted by Gasteiger charge is -2.18. The lowest BCUT2D eigenvalue weighted by atomic mass is 10.0. The topological polar surface area (TPSA) is 55.4 Å². The maximum absolute atomic E-state index is 11.9. The van der Waals surface area contributed by atoms with Gasteiger partial charge in [0, 0.05) is 0 Å².